The zero-order valence-electron chi connectivity index (χ0n) is 13.7. The summed E-state index contributed by atoms with van der Waals surface area (Å²) in [5.74, 6) is 0.404. The standard InChI is InChI=1S/C17H29N3/c1-12(10-14(3)20-7)8-9-13(2)17(11-19-6)15(4)16(5)18/h8,10-11,13,19H,7,9,18H2,1-6H3/b12-8-,14-10-,16-15+,17-11-. The molecule has 0 fully saturated rings. The van der Waals surface area contributed by atoms with Gasteiger partial charge in [-0.05, 0) is 64.0 Å². The topological polar surface area (TPSA) is 50.4 Å². The first-order valence-electron chi connectivity index (χ1n) is 6.95. The molecule has 3 nitrogen and oxygen atoms in total. The minimum atomic E-state index is 0.404. The van der Waals surface area contributed by atoms with E-state index in [4.69, 9.17) is 5.73 Å². The summed E-state index contributed by atoms with van der Waals surface area (Å²) in [5, 5.41) is 3.11. The van der Waals surface area contributed by atoms with Crippen molar-refractivity contribution in [2.24, 2.45) is 16.6 Å². The molecule has 3 N–H and O–H groups in total. The molecule has 0 saturated heterocycles. The zero-order chi connectivity index (χ0) is 15.7. The number of nitrogens with zero attached hydrogens (tertiary/aromatic N) is 1. The van der Waals surface area contributed by atoms with Crippen molar-refractivity contribution in [1.29, 1.82) is 0 Å². The van der Waals surface area contributed by atoms with Gasteiger partial charge in [-0.1, -0.05) is 18.6 Å². The van der Waals surface area contributed by atoms with Gasteiger partial charge in [0.25, 0.3) is 0 Å². The molecule has 0 aliphatic heterocycles. The third-order valence-corrected chi connectivity index (χ3v) is 3.33. The lowest BCUT2D eigenvalue weighted by atomic mass is 9.91. The minimum absolute atomic E-state index is 0.404. The van der Waals surface area contributed by atoms with Crippen molar-refractivity contribution in [1.82, 2.24) is 5.32 Å². The van der Waals surface area contributed by atoms with Crippen LogP contribution in [0.3, 0.4) is 0 Å². The molecule has 0 aromatic carbocycles. The Morgan fingerprint density at radius 1 is 1.30 bits per heavy atom. The van der Waals surface area contributed by atoms with Crippen molar-refractivity contribution in [3.8, 4) is 0 Å². The summed E-state index contributed by atoms with van der Waals surface area (Å²) >= 11 is 0. The maximum absolute atomic E-state index is 5.91. The smallest absolute Gasteiger partial charge is 0.0367 e. The van der Waals surface area contributed by atoms with Crippen LogP contribution < -0.4 is 11.1 Å². The largest absolute Gasteiger partial charge is 0.402 e. The third kappa shape index (κ3) is 6.41. The molecule has 0 bridgehead atoms. The van der Waals surface area contributed by atoms with Crippen LogP contribution >= 0.6 is 0 Å². The van der Waals surface area contributed by atoms with Crippen LogP contribution in [-0.4, -0.2) is 13.8 Å². The van der Waals surface area contributed by atoms with Gasteiger partial charge in [0.05, 0.1) is 0 Å². The minimum Gasteiger partial charge on any atom is -0.402 e. The first-order valence-corrected chi connectivity index (χ1v) is 6.95. The molecule has 0 aliphatic rings. The Balaban J connectivity index is 5.02. The Kier molecular flexibility index (Phi) is 8.37. The molecule has 0 amide bonds. The summed E-state index contributed by atoms with van der Waals surface area (Å²) in [6.07, 6.45) is 7.26. The van der Waals surface area contributed by atoms with Gasteiger partial charge in [0.2, 0.25) is 0 Å². The molecule has 112 valence electrons. The molecule has 1 unspecified atom stereocenters. The molecule has 3 heteroatoms. The SMILES string of the molecule is C=N/C(C)=C\C(C)=C/CC(C)C(=C/NC)/C(C)=C(\C)N. The fourth-order valence-electron chi connectivity index (χ4n) is 1.93. The van der Waals surface area contributed by atoms with Crippen molar-refractivity contribution < 1.29 is 0 Å². The predicted molar refractivity (Wildman–Crippen MR) is 90.5 cm³/mol. The first-order chi connectivity index (χ1) is 9.33. The molecule has 0 spiro atoms. The Morgan fingerprint density at radius 3 is 2.35 bits per heavy atom. The predicted octanol–water partition coefficient (Wildman–Crippen LogP) is 3.92. The van der Waals surface area contributed by atoms with E-state index in [2.05, 4.69) is 43.9 Å². The zero-order valence-corrected chi connectivity index (χ0v) is 13.7. The van der Waals surface area contributed by atoms with Gasteiger partial charge in [-0.25, -0.2) is 0 Å². The normalized spacial score (nSPS) is 16.6. The van der Waals surface area contributed by atoms with E-state index in [1.807, 2.05) is 33.2 Å². The van der Waals surface area contributed by atoms with Gasteiger partial charge in [0.15, 0.2) is 0 Å². The molecular formula is C17H29N3. The molecule has 0 aromatic heterocycles. The number of rotatable bonds is 7. The maximum atomic E-state index is 5.91. The quantitative estimate of drug-likeness (QED) is 0.546. The van der Waals surface area contributed by atoms with E-state index in [0.717, 1.165) is 23.4 Å². The van der Waals surface area contributed by atoms with Crippen molar-refractivity contribution in [2.45, 2.75) is 41.0 Å². The van der Waals surface area contributed by atoms with Gasteiger partial charge in [-0.3, -0.25) is 4.99 Å². The lowest BCUT2D eigenvalue weighted by Gasteiger charge is -2.17. The monoisotopic (exact) mass is 275 g/mol. The summed E-state index contributed by atoms with van der Waals surface area (Å²) in [6.45, 7) is 13.8. The lowest BCUT2D eigenvalue weighted by Crippen LogP contribution is -2.09. The summed E-state index contributed by atoms with van der Waals surface area (Å²) in [5.41, 5.74) is 11.3. The number of nitrogens with one attached hydrogen (secondary N) is 1. The maximum Gasteiger partial charge on any atom is 0.0367 e. The van der Waals surface area contributed by atoms with Crippen LogP contribution in [0, 0.1) is 5.92 Å². The summed E-state index contributed by atoms with van der Waals surface area (Å²) in [7, 11) is 1.91. The second-order valence-electron chi connectivity index (χ2n) is 5.23. The van der Waals surface area contributed by atoms with Crippen LogP contribution in [0.15, 0.2) is 51.5 Å². The molecule has 0 aromatic rings. The van der Waals surface area contributed by atoms with E-state index in [-0.39, 0.29) is 0 Å². The van der Waals surface area contributed by atoms with Crippen molar-refractivity contribution >= 4 is 6.72 Å². The summed E-state index contributed by atoms with van der Waals surface area (Å²) in [6, 6.07) is 0. The van der Waals surface area contributed by atoms with Gasteiger partial charge < -0.3 is 11.1 Å². The highest BCUT2D eigenvalue weighted by Crippen LogP contribution is 2.24. The van der Waals surface area contributed by atoms with Crippen LogP contribution in [-0.2, 0) is 0 Å². The van der Waals surface area contributed by atoms with Gasteiger partial charge in [0, 0.05) is 24.6 Å². The fraction of sp³-hybridized carbons (Fsp3) is 0.471. The first kappa shape index (κ1) is 18.2. The number of hydrogen-bond acceptors (Lipinski definition) is 3. The number of allylic oxidation sites excluding steroid dienone is 7. The molecule has 0 rings (SSSR count). The second kappa shape index (κ2) is 9.18. The van der Waals surface area contributed by atoms with E-state index in [9.17, 15) is 0 Å². The van der Waals surface area contributed by atoms with Crippen LogP contribution in [0.4, 0.5) is 0 Å². The molecule has 0 saturated carbocycles. The number of hydrogen-bond donors (Lipinski definition) is 2. The molecule has 0 heterocycles. The molecule has 0 radical (unpaired) electrons. The van der Waals surface area contributed by atoms with Crippen LogP contribution in [0.1, 0.15) is 41.0 Å². The number of nitrogens with two attached hydrogens (primary N) is 1. The molecule has 20 heavy (non-hydrogen) atoms. The average molecular weight is 275 g/mol. The van der Waals surface area contributed by atoms with Crippen molar-refractivity contribution in [3.05, 3.63) is 46.5 Å². The van der Waals surface area contributed by atoms with E-state index in [0.29, 0.717) is 5.92 Å². The van der Waals surface area contributed by atoms with Gasteiger partial charge in [0.1, 0.15) is 0 Å². The summed E-state index contributed by atoms with van der Waals surface area (Å²) < 4.78 is 0. The fourth-order valence-corrected chi connectivity index (χ4v) is 1.93. The van der Waals surface area contributed by atoms with Crippen LogP contribution in [0.25, 0.3) is 0 Å². The van der Waals surface area contributed by atoms with Crippen LogP contribution in [0.5, 0.6) is 0 Å². The molecule has 1 atom stereocenters. The van der Waals surface area contributed by atoms with Crippen LogP contribution in [0.2, 0.25) is 0 Å². The van der Waals surface area contributed by atoms with Gasteiger partial charge in [-0.2, -0.15) is 0 Å². The van der Waals surface area contributed by atoms with E-state index < -0.39 is 0 Å². The Hall–Kier alpha value is -1.77. The number of aliphatic imine (C=N–C) groups is 1. The Labute approximate surface area is 124 Å². The van der Waals surface area contributed by atoms with E-state index in [1.165, 1.54) is 11.1 Å². The highest BCUT2D eigenvalue weighted by atomic mass is 14.8. The highest BCUT2D eigenvalue weighted by Gasteiger charge is 2.10. The van der Waals surface area contributed by atoms with E-state index in [1.54, 1.807) is 0 Å². The van der Waals surface area contributed by atoms with E-state index >= 15 is 0 Å². The average Bonchev–Trinajstić information content (AvgIpc) is 2.41. The van der Waals surface area contributed by atoms with Gasteiger partial charge >= 0.3 is 0 Å². The second-order valence-corrected chi connectivity index (χ2v) is 5.23. The lowest BCUT2D eigenvalue weighted by molar-refractivity contribution is 0.690. The summed E-state index contributed by atoms with van der Waals surface area (Å²) in [4.78, 5) is 3.90. The third-order valence-electron chi connectivity index (χ3n) is 3.33. The Morgan fingerprint density at radius 2 is 1.90 bits per heavy atom. The van der Waals surface area contributed by atoms with Gasteiger partial charge in [-0.15, -0.1) is 0 Å². The molecular weight excluding hydrogens is 246 g/mol. The molecule has 0 aliphatic carbocycles. The van der Waals surface area contributed by atoms with Crippen molar-refractivity contribution in [3.63, 3.8) is 0 Å². The van der Waals surface area contributed by atoms with Crippen molar-refractivity contribution in [2.75, 3.05) is 7.05 Å². The Bertz CT molecular complexity index is 447. The highest BCUT2D eigenvalue weighted by molar-refractivity contribution is 5.34.